The molecule has 5 heteroatoms. The van der Waals surface area contributed by atoms with Crippen LogP contribution in [0.2, 0.25) is 0 Å². The second-order valence-corrected chi connectivity index (χ2v) is 5.22. The van der Waals surface area contributed by atoms with Gasteiger partial charge in [-0.25, -0.2) is 0 Å². The summed E-state index contributed by atoms with van der Waals surface area (Å²) in [5, 5.41) is 7.11. The molecule has 0 unspecified atom stereocenters. The van der Waals surface area contributed by atoms with Gasteiger partial charge in [0.1, 0.15) is 0 Å². The van der Waals surface area contributed by atoms with Crippen LogP contribution in [0.5, 0.6) is 0 Å². The van der Waals surface area contributed by atoms with E-state index in [9.17, 15) is 4.79 Å². The lowest BCUT2D eigenvalue weighted by Crippen LogP contribution is -2.25. The van der Waals surface area contributed by atoms with Gasteiger partial charge >= 0.3 is 0 Å². The van der Waals surface area contributed by atoms with Crippen molar-refractivity contribution in [3.05, 3.63) is 52.3 Å². The van der Waals surface area contributed by atoms with Gasteiger partial charge in [-0.1, -0.05) is 12.1 Å². The summed E-state index contributed by atoms with van der Waals surface area (Å²) in [6.45, 7) is 3.46. The highest BCUT2D eigenvalue weighted by Crippen LogP contribution is 2.15. The number of benzene rings is 1. The van der Waals surface area contributed by atoms with Crippen molar-refractivity contribution in [1.29, 1.82) is 0 Å². The van der Waals surface area contributed by atoms with Gasteiger partial charge in [0, 0.05) is 23.8 Å². The van der Waals surface area contributed by atoms with Gasteiger partial charge in [0.15, 0.2) is 0 Å². The van der Waals surface area contributed by atoms with E-state index >= 15 is 0 Å². The zero-order valence-corrected chi connectivity index (χ0v) is 12.4. The number of aryl methyl sites for hydroxylation is 2. The Bertz CT molecular complexity index is 565. The first-order valence-electron chi connectivity index (χ1n) is 6.18. The second kappa shape index (κ2) is 6.52. The minimum atomic E-state index is -0.0517. The first-order chi connectivity index (χ1) is 9.16. The Morgan fingerprint density at radius 3 is 2.89 bits per heavy atom. The Morgan fingerprint density at radius 2 is 2.21 bits per heavy atom. The zero-order valence-electron chi connectivity index (χ0n) is 10.8. The molecule has 0 saturated heterocycles. The van der Waals surface area contributed by atoms with Crippen LogP contribution in [-0.2, 0) is 6.54 Å². The number of nitrogens with one attached hydrogen (secondary N) is 1. The second-order valence-electron chi connectivity index (χ2n) is 4.37. The third-order valence-electron chi connectivity index (χ3n) is 2.73. The van der Waals surface area contributed by atoms with E-state index in [2.05, 4.69) is 26.3 Å². The highest BCUT2D eigenvalue weighted by Gasteiger charge is 2.07. The lowest BCUT2D eigenvalue weighted by atomic mass is 10.2. The zero-order chi connectivity index (χ0) is 13.7. The summed E-state index contributed by atoms with van der Waals surface area (Å²) in [4.78, 5) is 11.9. The van der Waals surface area contributed by atoms with Gasteiger partial charge in [-0.2, -0.15) is 5.10 Å². The molecule has 0 aliphatic carbocycles. The smallest absolute Gasteiger partial charge is 0.252 e. The molecule has 0 radical (unpaired) electrons. The maximum absolute atomic E-state index is 11.9. The van der Waals surface area contributed by atoms with E-state index in [1.54, 1.807) is 6.07 Å². The molecule has 0 aliphatic heterocycles. The van der Waals surface area contributed by atoms with E-state index in [0.29, 0.717) is 12.1 Å². The molecule has 1 aromatic carbocycles. The number of hydrogen-bond acceptors (Lipinski definition) is 2. The normalized spacial score (nSPS) is 10.4. The lowest BCUT2D eigenvalue weighted by Gasteiger charge is -2.06. The number of carbonyl (C=O) groups excluding carboxylic acids is 1. The molecule has 0 bridgehead atoms. The van der Waals surface area contributed by atoms with E-state index < -0.39 is 0 Å². The highest BCUT2D eigenvalue weighted by atomic mass is 79.9. The average molecular weight is 322 g/mol. The molecule has 0 fully saturated rings. The summed E-state index contributed by atoms with van der Waals surface area (Å²) in [5.41, 5.74) is 1.81. The number of halogens is 1. The van der Waals surface area contributed by atoms with Crippen LogP contribution in [0.25, 0.3) is 0 Å². The van der Waals surface area contributed by atoms with Crippen LogP contribution in [-0.4, -0.2) is 22.2 Å². The Balaban J connectivity index is 1.77. The number of aromatic nitrogens is 2. The van der Waals surface area contributed by atoms with Crippen molar-refractivity contribution >= 4 is 21.8 Å². The van der Waals surface area contributed by atoms with Crippen LogP contribution in [0, 0.1) is 6.92 Å². The molecule has 4 nitrogen and oxygen atoms in total. The predicted octanol–water partition coefficient (Wildman–Crippen LogP) is 2.77. The first kappa shape index (κ1) is 13.8. The van der Waals surface area contributed by atoms with Gasteiger partial charge in [0.05, 0.1) is 11.8 Å². The molecule has 0 saturated carbocycles. The van der Waals surface area contributed by atoms with Gasteiger partial charge in [0.2, 0.25) is 0 Å². The van der Waals surface area contributed by atoms with Crippen molar-refractivity contribution < 1.29 is 4.79 Å². The van der Waals surface area contributed by atoms with E-state index in [1.807, 2.05) is 42.2 Å². The van der Waals surface area contributed by atoms with Gasteiger partial charge < -0.3 is 5.32 Å². The predicted molar refractivity (Wildman–Crippen MR) is 78.1 cm³/mol. The number of hydrogen-bond donors (Lipinski definition) is 1. The summed E-state index contributed by atoms with van der Waals surface area (Å²) in [6.07, 6.45) is 4.69. The van der Waals surface area contributed by atoms with Crippen LogP contribution in [0.1, 0.15) is 22.3 Å². The molecule has 1 heterocycles. The molecule has 0 atom stereocenters. The van der Waals surface area contributed by atoms with E-state index in [4.69, 9.17) is 0 Å². The van der Waals surface area contributed by atoms with Gasteiger partial charge in [-0.15, -0.1) is 0 Å². The fraction of sp³-hybridized carbons (Fsp3) is 0.286. The van der Waals surface area contributed by atoms with Crippen molar-refractivity contribution in [3.8, 4) is 0 Å². The Morgan fingerprint density at radius 1 is 1.42 bits per heavy atom. The fourth-order valence-corrected chi connectivity index (χ4v) is 2.24. The van der Waals surface area contributed by atoms with E-state index in [-0.39, 0.29) is 5.91 Å². The highest BCUT2D eigenvalue weighted by molar-refractivity contribution is 9.10. The Labute approximate surface area is 120 Å². The largest absolute Gasteiger partial charge is 0.352 e. The van der Waals surface area contributed by atoms with Crippen molar-refractivity contribution in [3.63, 3.8) is 0 Å². The number of nitrogens with zero attached hydrogens (tertiary/aromatic N) is 2. The van der Waals surface area contributed by atoms with Crippen LogP contribution in [0.15, 0.2) is 41.1 Å². The minimum absolute atomic E-state index is 0.0517. The summed E-state index contributed by atoms with van der Waals surface area (Å²) >= 11 is 3.37. The lowest BCUT2D eigenvalue weighted by molar-refractivity contribution is 0.0952. The van der Waals surface area contributed by atoms with Gasteiger partial charge in [-0.05, 0) is 47.0 Å². The van der Waals surface area contributed by atoms with Gasteiger partial charge in [-0.3, -0.25) is 9.48 Å². The molecular weight excluding hydrogens is 306 g/mol. The van der Waals surface area contributed by atoms with Crippen molar-refractivity contribution in [2.45, 2.75) is 19.9 Å². The summed E-state index contributed by atoms with van der Waals surface area (Å²) in [7, 11) is 0. The average Bonchev–Trinajstić information content (AvgIpc) is 2.81. The molecule has 19 heavy (non-hydrogen) atoms. The van der Waals surface area contributed by atoms with Crippen molar-refractivity contribution in [2.24, 2.45) is 0 Å². The van der Waals surface area contributed by atoms with Gasteiger partial charge in [0.25, 0.3) is 5.91 Å². The van der Waals surface area contributed by atoms with Crippen molar-refractivity contribution in [1.82, 2.24) is 15.1 Å². The first-order valence-corrected chi connectivity index (χ1v) is 6.98. The summed E-state index contributed by atoms with van der Waals surface area (Å²) in [6, 6.07) is 7.41. The molecular formula is C14H16BrN3O. The summed E-state index contributed by atoms with van der Waals surface area (Å²) in [5.74, 6) is -0.0517. The van der Waals surface area contributed by atoms with Crippen LogP contribution >= 0.6 is 15.9 Å². The maximum Gasteiger partial charge on any atom is 0.252 e. The third kappa shape index (κ3) is 3.92. The monoisotopic (exact) mass is 321 g/mol. The fourth-order valence-electron chi connectivity index (χ4n) is 1.77. The molecule has 2 aromatic rings. The van der Waals surface area contributed by atoms with Crippen LogP contribution in [0.3, 0.4) is 0 Å². The maximum atomic E-state index is 11.9. The molecule has 1 N–H and O–H groups in total. The number of amides is 1. The van der Waals surface area contributed by atoms with E-state index in [0.717, 1.165) is 23.0 Å². The summed E-state index contributed by atoms with van der Waals surface area (Å²) < 4.78 is 2.70. The van der Waals surface area contributed by atoms with Crippen molar-refractivity contribution in [2.75, 3.05) is 6.54 Å². The number of rotatable bonds is 5. The Hall–Kier alpha value is -1.62. The SMILES string of the molecule is Cc1cnn(CCCNC(=O)c2ccccc2Br)c1. The molecule has 0 aliphatic rings. The quantitative estimate of drug-likeness (QED) is 0.861. The van der Waals surface area contributed by atoms with E-state index in [1.165, 1.54) is 0 Å². The molecule has 1 amide bonds. The van der Waals surface area contributed by atoms with Crippen LogP contribution in [0.4, 0.5) is 0 Å². The Kier molecular flexibility index (Phi) is 4.74. The third-order valence-corrected chi connectivity index (χ3v) is 3.42. The topological polar surface area (TPSA) is 46.9 Å². The molecule has 0 spiro atoms. The number of carbonyl (C=O) groups is 1. The standard InChI is InChI=1S/C14H16BrN3O/c1-11-9-17-18(10-11)8-4-7-16-14(19)12-5-2-3-6-13(12)15/h2-3,5-6,9-10H,4,7-8H2,1H3,(H,16,19). The minimum Gasteiger partial charge on any atom is -0.352 e. The van der Waals surface area contributed by atoms with Crippen LogP contribution < -0.4 is 5.32 Å². The molecule has 1 aromatic heterocycles. The molecule has 100 valence electrons. The molecule has 2 rings (SSSR count).